The second kappa shape index (κ2) is 4.61. The van der Waals surface area contributed by atoms with Gasteiger partial charge in [0.05, 0.1) is 5.60 Å². The molecule has 1 aromatic carbocycles. The van der Waals surface area contributed by atoms with Crippen molar-refractivity contribution in [1.82, 2.24) is 0 Å². The molecule has 1 nitrogen and oxygen atoms in total. The number of ether oxygens (including phenoxy) is 1. The summed E-state index contributed by atoms with van der Waals surface area (Å²) in [6, 6.07) is 10.5. The van der Waals surface area contributed by atoms with Crippen LogP contribution in [0.15, 0.2) is 30.3 Å². The fourth-order valence-corrected chi connectivity index (χ4v) is 2.16. The molecule has 0 amide bonds. The van der Waals surface area contributed by atoms with Crippen molar-refractivity contribution in [3.05, 3.63) is 35.9 Å². The molecule has 0 bridgehead atoms. The van der Waals surface area contributed by atoms with E-state index in [0.717, 1.165) is 6.42 Å². The monoisotopic (exact) mass is 192 g/mol. The first-order chi connectivity index (χ1) is 6.67. The van der Waals surface area contributed by atoms with Crippen LogP contribution in [0.2, 0.25) is 0 Å². The van der Waals surface area contributed by atoms with Gasteiger partial charge in [-0.05, 0) is 17.9 Å². The van der Waals surface area contributed by atoms with Crippen molar-refractivity contribution in [3.63, 3.8) is 0 Å². The maximum absolute atomic E-state index is 5.73. The molecule has 0 fully saturated rings. The van der Waals surface area contributed by atoms with Gasteiger partial charge in [0, 0.05) is 7.11 Å². The van der Waals surface area contributed by atoms with E-state index in [9.17, 15) is 0 Å². The van der Waals surface area contributed by atoms with Crippen molar-refractivity contribution in [2.45, 2.75) is 32.8 Å². The maximum atomic E-state index is 5.73. The van der Waals surface area contributed by atoms with E-state index in [2.05, 4.69) is 45.0 Å². The van der Waals surface area contributed by atoms with Crippen LogP contribution in [-0.4, -0.2) is 7.11 Å². The van der Waals surface area contributed by atoms with Crippen molar-refractivity contribution in [2.24, 2.45) is 5.92 Å². The molecule has 0 radical (unpaired) electrons. The Morgan fingerprint density at radius 3 is 2.14 bits per heavy atom. The number of hydrogen-bond donors (Lipinski definition) is 0. The summed E-state index contributed by atoms with van der Waals surface area (Å²) in [5.74, 6) is 0.486. The van der Waals surface area contributed by atoms with Crippen LogP contribution in [0, 0.1) is 5.92 Å². The number of benzene rings is 1. The van der Waals surface area contributed by atoms with Gasteiger partial charge in [-0.15, -0.1) is 0 Å². The summed E-state index contributed by atoms with van der Waals surface area (Å²) in [4.78, 5) is 0. The average Bonchev–Trinajstić information content (AvgIpc) is 2.22. The lowest BCUT2D eigenvalue weighted by Crippen LogP contribution is -2.33. The van der Waals surface area contributed by atoms with Gasteiger partial charge in [-0.25, -0.2) is 0 Å². The molecule has 1 rings (SSSR count). The van der Waals surface area contributed by atoms with Crippen molar-refractivity contribution < 1.29 is 4.74 Å². The fourth-order valence-electron chi connectivity index (χ4n) is 2.16. The van der Waals surface area contributed by atoms with E-state index in [-0.39, 0.29) is 5.60 Å². The molecule has 1 heteroatoms. The maximum Gasteiger partial charge on any atom is 0.0947 e. The molecular formula is C13H20O. The van der Waals surface area contributed by atoms with Crippen molar-refractivity contribution in [1.29, 1.82) is 0 Å². The van der Waals surface area contributed by atoms with E-state index in [1.165, 1.54) is 5.56 Å². The summed E-state index contributed by atoms with van der Waals surface area (Å²) in [5.41, 5.74) is 1.15. The second-order valence-electron chi connectivity index (χ2n) is 3.97. The van der Waals surface area contributed by atoms with Crippen molar-refractivity contribution >= 4 is 0 Å². The Kier molecular flexibility index (Phi) is 3.70. The molecule has 0 saturated heterocycles. The smallest absolute Gasteiger partial charge is 0.0947 e. The molecule has 0 spiro atoms. The summed E-state index contributed by atoms with van der Waals surface area (Å²) in [6.07, 6.45) is 1.01. The summed E-state index contributed by atoms with van der Waals surface area (Å²) in [7, 11) is 1.80. The quantitative estimate of drug-likeness (QED) is 0.708. The zero-order chi connectivity index (χ0) is 10.6. The van der Waals surface area contributed by atoms with E-state index in [1.54, 1.807) is 7.11 Å². The molecule has 14 heavy (non-hydrogen) atoms. The van der Waals surface area contributed by atoms with E-state index >= 15 is 0 Å². The molecule has 0 N–H and O–H groups in total. The highest BCUT2D eigenvalue weighted by atomic mass is 16.5. The molecule has 1 unspecified atom stereocenters. The van der Waals surface area contributed by atoms with Crippen LogP contribution in [0.1, 0.15) is 32.8 Å². The lowest BCUT2D eigenvalue weighted by molar-refractivity contribution is -0.0568. The standard InChI is InChI=1S/C13H20O/c1-5-13(14-4,11(2)3)12-9-7-6-8-10-12/h6-11H,5H2,1-4H3. The predicted molar refractivity (Wildman–Crippen MR) is 60.3 cm³/mol. The second-order valence-corrected chi connectivity index (χ2v) is 3.97. The summed E-state index contributed by atoms with van der Waals surface area (Å²) >= 11 is 0. The van der Waals surface area contributed by atoms with E-state index < -0.39 is 0 Å². The van der Waals surface area contributed by atoms with Gasteiger partial charge < -0.3 is 4.74 Å². The molecule has 0 aliphatic heterocycles. The molecule has 0 aromatic heterocycles. The third-order valence-corrected chi connectivity index (χ3v) is 3.08. The van der Waals surface area contributed by atoms with E-state index in [4.69, 9.17) is 4.74 Å². The summed E-state index contributed by atoms with van der Waals surface area (Å²) in [6.45, 7) is 6.59. The Morgan fingerprint density at radius 2 is 1.79 bits per heavy atom. The van der Waals surface area contributed by atoms with Crippen LogP contribution >= 0.6 is 0 Å². The predicted octanol–water partition coefficient (Wildman–Crippen LogP) is 3.59. The Bertz CT molecular complexity index is 260. The third kappa shape index (κ3) is 1.83. The van der Waals surface area contributed by atoms with Gasteiger partial charge in [0.2, 0.25) is 0 Å². The Labute approximate surface area is 87.1 Å². The lowest BCUT2D eigenvalue weighted by atomic mass is 9.81. The Balaban J connectivity index is 3.11. The molecule has 0 heterocycles. The molecule has 78 valence electrons. The van der Waals surface area contributed by atoms with Crippen molar-refractivity contribution in [2.75, 3.05) is 7.11 Å². The molecule has 0 aliphatic rings. The number of hydrogen-bond acceptors (Lipinski definition) is 1. The normalized spacial score (nSPS) is 15.5. The minimum Gasteiger partial charge on any atom is -0.373 e. The van der Waals surface area contributed by atoms with Crippen LogP contribution in [0.4, 0.5) is 0 Å². The summed E-state index contributed by atoms with van der Waals surface area (Å²) < 4.78 is 5.73. The zero-order valence-corrected chi connectivity index (χ0v) is 9.58. The first kappa shape index (κ1) is 11.3. The lowest BCUT2D eigenvalue weighted by Gasteiger charge is -2.36. The first-order valence-corrected chi connectivity index (χ1v) is 5.28. The molecular weight excluding hydrogens is 172 g/mol. The largest absolute Gasteiger partial charge is 0.373 e. The summed E-state index contributed by atoms with van der Waals surface area (Å²) in [5, 5.41) is 0. The first-order valence-electron chi connectivity index (χ1n) is 5.28. The van der Waals surface area contributed by atoms with Crippen LogP contribution in [0.5, 0.6) is 0 Å². The van der Waals surface area contributed by atoms with Crippen molar-refractivity contribution in [3.8, 4) is 0 Å². The zero-order valence-electron chi connectivity index (χ0n) is 9.58. The number of methoxy groups -OCH3 is 1. The van der Waals surface area contributed by atoms with E-state index in [1.807, 2.05) is 6.07 Å². The highest BCUT2D eigenvalue weighted by Crippen LogP contribution is 2.36. The molecule has 1 atom stereocenters. The Hall–Kier alpha value is -0.820. The van der Waals surface area contributed by atoms with Crippen LogP contribution < -0.4 is 0 Å². The van der Waals surface area contributed by atoms with Gasteiger partial charge >= 0.3 is 0 Å². The van der Waals surface area contributed by atoms with Gasteiger partial charge in [0.15, 0.2) is 0 Å². The van der Waals surface area contributed by atoms with Gasteiger partial charge in [-0.3, -0.25) is 0 Å². The highest BCUT2D eigenvalue weighted by Gasteiger charge is 2.33. The Morgan fingerprint density at radius 1 is 1.21 bits per heavy atom. The van der Waals surface area contributed by atoms with Gasteiger partial charge in [-0.2, -0.15) is 0 Å². The third-order valence-electron chi connectivity index (χ3n) is 3.08. The van der Waals surface area contributed by atoms with Gasteiger partial charge in [0.25, 0.3) is 0 Å². The van der Waals surface area contributed by atoms with Gasteiger partial charge in [-0.1, -0.05) is 51.1 Å². The van der Waals surface area contributed by atoms with E-state index in [0.29, 0.717) is 5.92 Å². The van der Waals surface area contributed by atoms with Crippen LogP contribution in [0.3, 0.4) is 0 Å². The topological polar surface area (TPSA) is 9.23 Å². The average molecular weight is 192 g/mol. The number of rotatable bonds is 4. The molecule has 0 saturated carbocycles. The molecule has 1 aromatic rings. The van der Waals surface area contributed by atoms with Crippen LogP contribution in [0.25, 0.3) is 0 Å². The fraction of sp³-hybridized carbons (Fsp3) is 0.538. The SMILES string of the molecule is CCC(OC)(c1ccccc1)C(C)C. The van der Waals surface area contributed by atoms with Crippen LogP contribution in [-0.2, 0) is 10.3 Å². The minimum atomic E-state index is -0.124. The minimum absolute atomic E-state index is 0.124. The van der Waals surface area contributed by atoms with Gasteiger partial charge in [0.1, 0.15) is 0 Å². The molecule has 0 aliphatic carbocycles. The highest BCUT2D eigenvalue weighted by molar-refractivity contribution is 5.23.